The van der Waals surface area contributed by atoms with Crippen LogP contribution >= 0.6 is 0 Å². The Balaban J connectivity index is -0.0000000128. The molecule has 0 heterocycles. The standard InChI is InChI=1S/Ca.K.2H4O4Si.3H/c;;2*1-5(2,3)4;;;/h;;2*1-4H;;;/q+2;+1;;;3*-1. The molecule has 0 aromatic rings. The maximum atomic E-state index is 7.33. The Morgan fingerprint density at radius 1 is 0.583 bits per heavy atom. The molecule has 0 radical (unpaired) electrons. The van der Waals surface area contributed by atoms with Gasteiger partial charge in [0, 0.05) is 0 Å². The van der Waals surface area contributed by atoms with Gasteiger partial charge >= 0.3 is 107 Å². The summed E-state index contributed by atoms with van der Waals surface area (Å²) < 4.78 is 0. The Bertz CT molecular complexity index is 70.9. The van der Waals surface area contributed by atoms with Crippen molar-refractivity contribution < 1.29 is 94.0 Å². The molecule has 0 bridgehead atoms. The second kappa shape index (κ2) is 10.5. The molecule has 70 valence electrons. The fourth-order valence-corrected chi connectivity index (χ4v) is 0. The van der Waals surface area contributed by atoms with Crippen LogP contribution in [0.15, 0.2) is 0 Å². The maximum Gasteiger partial charge on any atom is 2.00 e. The molecule has 0 aromatic heterocycles. The average Bonchev–Trinajstić information content (AvgIpc) is 1.12. The molecule has 0 aliphatic carbocycles. The van der Waals surface area contributed by atoms with Gasteiger partial charge in [-0.05, 0) is 0 Å². The quantitative estimate of drug-likeness (QED) is 0.202. The summed E-state index contributed by atoms with van der Waals surface area (Å²) in [5.74, 6) is 0. The number of rotatable bonds is 0. The summed E-state index contributed by atoms with van der Waals surface area (Å²) in [7, 11) is -9.22. The maximum absolute atomic E-state index is 7.33. The van der Waals surface area contributed by atoms with Crippen LogP contribution in [0.4, 0.5) is 0 Å². The molecule has 0 aliphatic rings. The summed E-state index contributed by atoms with van der Waals surface area (Å²) in [4.78, 5) is 58.6. The Kier molecular flexibility index (Phi) is 21.3. The molecular weight excluding hydrogens is 263 g/mol. The molecule has 0 saturated heterocycles. The average molecular weight is 274 g/mol. The van der Waals surface area contributed by atoms with Gasteiger partial charge in [-0.3, -0.25) is 0 Å². The first-order valence-electron chi connectivity index (χ1n) is 1.79. The summed E-state index contributed by atoms with van der Waals surface area (Å²) in [5.41, 5.74) is 0. The van der Waals surface area contributed by atoms with Gasteiger partial charge in [0.05, 0.1) is 0 Å². The summed E-state index contributed by atoms with van der Waals surface area (Å²) in [6, 6.07) is 0. The first-order chi connectivity index (χ1) is 4.00. The third kappa shape index (κ3) is 207. The number of hydrogen-bond donors (Lipinski definition) is 8. The van der Waals surface area contributed by atoms with Gasteiger partial charge in [-0.1, -0.05) is 0 Å². The van der Waals surface area contributed by atoms with E-state index in [-0.39, 0.29) is 93.4 Å². The van der Waals surface area contributed by atoms with E-state index in [1.54, 1.807) is 0 Å². The normalized spacial score (nSPS) is 10.0. The molecule has 0 fully saturated rings. The minimum atomic E-state index is -4.61. The molecule has 0 amide bonds. The summed E-state index contributed by atoms with van der Waals surface area (Å²) in [6.45, 7) is 0. The fraction of sp³-hybridized carbons (Fsp3) is 0. The van der Waals surface area contributed by atoms with Crippen LogP contribution < -0.4 is 51.4 Å². The van der Waals surface area contributed by atoms with Gasteiger partial charge in [-0.2, -0.15) is 0 Å². The van der Waals surface area contributed by atoms with Crippen LogP contribution in [0.3, 0.4) is 0 Å². The Morgan fingerprint density at radius 2 is 0.583 bits per heavy atom. The van der Waals surface area contributed by atoms with Crippen molar-refractivity contribution in [2.75, 3.05) is 0 Å². The monoisotopic (exact) mass is 274 g/mol. The van der Waals surface area contributed by atoms with Gasteiger partial charge in [0.2, 0.25) is 0 Å². The van der Waals surface area contributed by atoms with Crippen molar-refractivity contribution in [1.29, 1.82) is 0 Å². The van der Waals surface area contributed by atoms with E-state index < -0.39 is 18.1 Å². The van der Waals surface area contributed by atoms with Crippen LogP contribution in [0, 0.1) is 0 Å². The van der Waals surface area contributed by atoms with Crippen molar-refractivity contribution in [1.82, 2.24) is 0 Å². The van der Waals surface area contributed by atoms with Gasteiger partial charge < -0.3 is 42.6 Å². The third-order valence-corrected chi connectivity index (χ3v) is 0. The Hall–Kier alpha value is 3.01. The topological polar surface area (TPSA) is 162 Å². The molecule has 0 spiro atoms. The van der Waals surface area contributed by atoms with E-state index in [0.717, 1.165) is 0 Å². The minimum absolute atomic E-state index is 0. The molecule has 0 aromatic carbocycles. The van der Waals surface area contributed by atoms with E-state index in [9.17, 15) is 0 Å². The zero-order chi connectivity index (χ0) is 9.00. The summed E-state index contributed by atoms with van der Waals surface area (Å²) in [5, 5.41) is 0. The van der Waals surface area contributed by atoms with E-state index >= 15 is 0 Å². The second-order valence-corrected chi connectivity index (χ2v) is 3.60. The van der Waals surface area contributed by atoms with Gasteiger partial charge in [0.15, 0.2) is 0 Å². The summed E-state index contributed by atoms with van der Waals surface area (Å²) in [6.07, 6.45) is 0. The van der Waals surface area contributed by atoms with Crippen LogP contribution in [0.25, 0.3) is 0 Å². The van der Waals surface area contributed by atoms with Gasteiger partial charge in [-0.15, -0.1) is 0 Å². The smallest absolute Gasteiger partial charge is 1.00 e. The molecule has 12 heavy (non-hydrogen) atoms. The zero-order valence-electron chi connectivity index (χ0n) is 9.28. The van der Waals surface area contributed by atoms with Gasteiger partial charge in [-0.25, -0.2) is 0 Å². The van der Waals surface area contributed by atoms with E-state index in [2.05, 4.69) is 0 Å². The third-order valence-electron chi connectivity index (χ3n) is 0. The van der Waals surface area contributed by atoms with E-state index in [1.807, 2.05) is 0 Å². The Morgan fingerprint density at radius 3 is 0.583 bits per heavy atom. The van der Waals surface area contributed by atoms with Crippen molar-refractivity contribution >= 4 is 55.8 Å². The van der Waals surface area contributed by atoms with E-state index in [1.165, 1.54) is 0 Å². The molecule has 0 unspecified atom stereocenters. The minimum Gasteiger partial charge on any atom is -1.00 e. The predicted octanol–water partition coefficient (Wildman–Crippen LogP) is -8.26. The molecule has 8 N–H and O–H groups in total. The first kappa shape index (κ1) is 24.3. The van der Waals surface area contributed by atoms with Crippen LogP contribution in [-0.2, 0) is 0 Å². The predicted molar refractivity (Wildman–Crippen MR) is 38.3 cm³/mol. The first-order valence-corrected chi connectivity index (χ1v) is 5.37. The fourth-order valence-electron chi connectivity index (χ4n) is 0. The molecule has 0 aliphatic heterocycles. The molecule has 0 rings (SSSR count). The van der Waals surface area contributed by atoms with Crippen molar-refractivity contribution in [2.45, 2.75) is 0 Å². The molecule has 12 heteroatoms. The van der Waals surface area contributed by atoms with Crippen LogP contribution in [0.5, 0.6) is 0 Å². The summed E-state index contributed by atoms with van der Waals surface area (Å²) >= 11 is 0. The largest absolute Gasteiger partial charge is 2.00 e. The van der Waals surface area contributed by atoms with Gasteiger partial charge in [0.25, 0.3) is 0 Å². The Labute approximate surface area is 147 Å². The van der Waals surface area contributed by atoms with E-state index in [4.69, 9.17) is 38.4 Å². The van der Waals surface area contributed by atoms with Crippen LogP contribution in [0.1, 0.15) is 4.28 Å². The molecular formula is H11CaKO8Si2. The van der Waals surface area contributed by atoms with Crippen molar-refractivity contribution in [3.63, 3.8) is 0 Å². The van der Waals surface area contributed by atoms with E-state index in [0.29, 0.717) is 0 Å². The van der Waals surface area contributed by atoms with Gasteiger partial charge in [0.1, 0.15) is 0 Å². The SMILES string of the molecule is O[Si](O)(O)O.O[Si](O)(O)O.[Ca+2].[H-].[H-].[H-].[K+]. The van der Waals surface area contributed by atoms with Crippen molar-refractivity contribution in [2.24, 2.45) is 0 Å². The molecule has 0 atom stereocenters. The number of hydrogen-bond acceptors (Lipinski definition) is 8. The van der Waals surface area contributed by atoms with Crippen LogP contribution in [-0.4, -0.2) is 94.2 Å². The second-order valence-electron chi connectivity index (χ2n) is 1.20. The zero-order valence-corrected chi connectivity index (χ0v) is 13.6. The van der Waals surface area contributed by atoms with Crippen molar-refractivity contribution in [3.05, 3.63) is 0 Å². The van der Waals surface area contributed by atoms with Crippen molar-refractivity contribution in [3.8, 4) is 0 Å². The van der Waals surface area contributed by atoms with Crippen LogP contribution in [0.2, 0.25) is 0 Å². The molecule has 0 saturated carbocycles. The molecule has 8 nitrogen and oxygen atoms in total.